The predicted molar refractivity (Wildman–Crippen MR) is 61.7 cm³/mol. The molecule has 1 aliphatic carbocycles. The zero-order valence-corrected chi connectivity index (χ0v) is 10.1. The van der Waals surface area contributed by atoms with Crippen LogP contribution in [0.5, 0.6) is 0 Å². The first kappa shape index (κ1) is 11.9. The van der Waals surface area contributed by atoms with Gasteiger partial charge in [0.15, 0.2) is 0 Å². The molecule has 1 saturated carbocycles. The average Bonchev–Trinajstić information content (AvgIpc) is 2.58. The van der Waals surface area contributed by atoms with Gasteiger partial charge in [-0.25, -0.2) is 0 Å². The lowest BCUT2D eigenvalue weighted by Crippen LogP contribution is -2.67. The van der Waals surface area contributed by atoms with Crippen LogP contribution in [0.3, 0.4) is 0 Å². The van der Waals surface area contributed by atoms with Crippen molar-refractivity contribution >= 4 is 5.91 Å². The van der Waals surface area contributed by atoms with Gasteiger partial charge in [-0.15, -0.1) is 0 Å². The highest BCUT2D eigenvalue weighted by molar-refractivity contribution is 5.81. The summed E-state index contributed by atoms with van der Waals surface area (Å²) in [6, 6.07) is 0.0280. The molecule has 1 aliphatic heterocycles. The van der Waals surface area contributed by atoms with Crippen LogP contribution < -0.4 is 5.73 Å². The SMILES string of the molecule is CC(C)C1(O)CN(C(=O)C2CCCC2N)C1. The number of likely N-dealkylation sites (tertiary alicyclic amines) is 1. The third kappa shape index (κ3) is 1.84. The standard InChI is InChI=1S/C12H22N2O2/c1-8(2)12(16)6-14(7-12)11(15)9-4-3-5-10(9)13/h8-10,16H,3-7,13H2,1-2H3. The van der Waals surface area contributed by atoms with E-state index in [9.17, 15) is 9.90 Å². The molecule has 4 heteroatoms. The molecule has 2 fully saturated rings. The molecule has 4 nitrogen and oxygen atoms in total. The number of carbonyl (C=O) groups is 1. The van der Waals surface area contributed by atoms with Crippen molar-refractivity contribution in [1.29, 1.82) is 0 Å². The Morgan fingerprint density at radius 3 is 2.50 bits per heavy atom. The van der Waals surface area contributed by atoms with Gasteiger partial charge >= 0.3 is 0 Å². The summed E-state index contributed by atoms with van der Waals surface area (Å²) >= 11 is 0. The number of amides is 1. The van der Waals surface area contributed by atoms with Crippen molar-refractivity contribution in [2.45, 2.75) is 44.8 Å². The Bertz CT molecular complexity index is 285. The van der Waals surface area contributed by atoms with Crippen LogP contribution in [0.15, 0.2) is 0 Å². The maximum absolute atomic E-state index is 12.1. The van der Waals surface area contributed by atoms with E-state index < -0.39 is 5.60 Å². The summed E-state index contributed by atoms with van der Waals surface area (Å²) in [5.41, 5.74) is 5.25. The van der Waals surface area contributed by atoms with E-state index in [2.05, 4.69) is 0 Å². The maximum atomic E-state index is 12.1. The second-order valence-corrected chi connectivity index (χ2v) is 5.65. The lowest BCUT2D eigenvalue weighted by molar-refractivity contribution is -0.167. The fraction of sp³-hybridized carbons (Fsp3) is 0.917. The van der Waals surface area contributed by atoms with Crippen molar-refractivity contribution in [3.05, 3.63) is 0 Å². The van der Waals surface area contributed by atoms with Crippen molar-refractivity contribution in [1.82, 2.24) is 4.90 Å². The quantitative estimate of drug-likeness (QED) is 0.713. The van der Waals surface area contributed by atoms with E-state index in [4.69, 9.17) is 5.73 Å². The lowest BCUT2D eigenvalue weighted by atomic mass is 9.82. The van der Waals surface area contributed by atoms with E-state index in [1.807, 2.05) is 13.8 Å². The van der Waals surface area contributed by atoms with Crippen LogP contribution in [0, 0.1) is 11.8 Å². The smallest absolute Gasteiger partial charge is 0.227 e. The molecule has 2 rings (SSSR count). The van der Waals surface area contributed by atoms with Gasteiger partial charge in [0.25, 0.3) is 0 Å². The van der Waals surface area contributed by atoms with E-state index in [0.717, 1.165) is 19.3 Å². The second kappa shape index (κ2) is 4.00. The van der Waals surface area contributed by atoms with E-state index >= 15 is 0 Å². The predicted octanol–water partition coefficient (Wildman–Crippen LogP) is 0.343. The fourth-order valence-electron chi connectivity index (χ4n) is 2.67. The maximum Gasteiger partial charge on any atom is 0.227 e. The van der Waals surface area contributed by atoms with Gasteiger partial charge in [0.1, 0.15) is 5.60 Å². The zero-order valence-electron chi connectivity index (χ0n) is 10.1. The molecular weight excluding hydrogens is 204 g/mol. The monoisotopic (exact) mass is 226 g/mol. The molecule has 1 heterocycles. The highest BCUT2D eigenvalue weighted by Crippen LogP contribution is 2.33. The molecule has 2 atom stereocenters. The molecule has 2 unspecified atom stereocenters. The van der Waals surface area contributed by atoms with Crippen molar-refractivity contribution < 1.29 is 9.90 Å². The Kier molecular flexibility index (Phi) is 2.97. The number of carbonyl (C=O) groups excluding carboxylic acids is 1. The normalized spacial score (nSPS) is 32.9. The van der Waals surface area contributed by atoms with E-state index in [1.54, 1.807) is 4.90 Å². The van der Waals surface area contributed by atoms with Crippen LogP contribution in [-0.2, 0) is 4.79 Å². The molecule has 0 aromatic rings. The van der Waals surface area contributed by atoms with Crippen LogP contribution in [0.4, 0.5) is 0 Å². The third-order valence-corrected chi connectivity index (χ3v) is 4.20. The van der Waals surface area contributed by atoms with Crippen molar-refractivity contribution in [2.24, 2.45) is 17.6 Å². The van der Waals surface area contributed by atoms with Crippen LogP contribution in [0.1, 0.15) is 33.1 Å². The summed E-state index contributed by atoms with van der Waals surface area (Å²) in [6.45, 7) is 4.94. The van der Waals surface area contributed by atoms with Crippen molar-refractivity contribution in [3.8, 4) is 0 Å². The highest BCUT2D eigenvalue weighted by atomic mass is 16.3. The summed E-state index contributed by atoms with van der Waals surface area (Å²) < 4.78 is 0. The molecule has 16 heavy (non-hydrogen) atoms. The van der Waals surface area contributed by atoms with Gasteiger partial charge in [-0.05, 0) is 18.8 Å². The first-order valence-corrected chi connectivity index (χ1v) is 6.21. The van der Waals surface area contributed by atoms with Crippen LogP contribution >= 0.6 is 0 Å². The van der Waals surface area contributed by atoms with Gasteiger partial charge in [-0.1, -0.05) is 20.3 Å². The average molecular weight is 226 g/mol. The van der Waals surface area contributed by atoms with Crippen molar-refractivity contribution in [3.63, 3.8) is 0 Å². The van der Waals surface area contributed by atoms with Crippen LogP contribution in [-0.4, -0.2) is 40.6 Å². The highest BCUT2D eigenvalue weighted by Gasteiger charge is 2.48. The molecule has 0 aromatic heterocycles. The molecule has 0 spiro atoms. The summed E-state index contributed by atoms with van der Waals surface area (Å²) in [5.74, 6) is 0.348. The van der Waals surface area contributed by atoms with Gasteiger partial charge in [0.2, 0.25) is 5.91 Å². The minimum atomic E-state index is -0.668. The van der Waals surface area contributed by atoms with Gasteiger partial charge in [0.05, 0.1) is 19.0 Å². The van der Waals surface area contributed by atoms with Gasteiger partial charge in [-0.3, -0.25) is 4.79 Å². The molecule has 0 bridgehead atoms. The minimum absolute atomic E-state index is 0.00304. The number of aliphatic hydroxyl groups is 1. The molecule has 1 saturated heterocycles. The first-order valence-electron chi connectivity index (χ1n) is 6.21. The largest absolute Gasteiger partial charge is 0.386 e. The Balaban J connectivity index is 1.90. The Morgan fingerprint density at radius 2 is 2.06 bits per heavy atom. The van der Waals surface area contributed by atoms with Crippen LogP contribution in [0.25, 0.3) is 0 Å². The number of rotatable bonds is 2. The molecule has 92 valence electrons. The minimum Gasteiger partial charge on any atom is -0.386 e. The summed E-state index contributed by atoms with van der Waals surface area (Å²) in [5, 5.41) is 10.1. The van der Waals surface area contributed by atoms with E-state index in [-0.39, 0.29) is 23.8 Å². The Labute approximate surface area is 96.8 Å². The van der Waals surface area contributed by atoms with Gasteiger partial charge in [0, 0.05) is 6.04 Å². The van der Waals surface area contributed by atoms with E-state index in [0.29, 0.717) is 13.1 Å². The van der Waals surface area contributed by atoms with Crippen LogP contribution in [0.2, 0.25) is 0 Å². The molecule has 0 radical (unpaired) electrons. The lowest BCUT2D eigenvalue weighted by Gasteiger charge is -2.50. The Hall–Kier alpha value is -0.610. The molecular formula is C12H22N2O2. The fourth-order valence-corrected chi connectivity index (χ4v) is 2.67. The van der Waals surface area contributed by atoms with E-state index in [1.165, 1.54) is 0 Å². The topological polar surface area (TPSA) is 66.6 Å². The van der Waals surface area contributed by atoms with Gasteiger partial charge in [-0.2, -0.15) is 0 Å². The summed E-state index contributed by atoms with van der Waals surface area (Å²) in [6.07, 6.45) is 2.93. The van der Waals surface area contributed by atoms with Gasteiger partial charge < -0.3 is 15.7 Å². The van der Waals surface area contributed by atoms with Crippen molar-refractivity contribution in [2.75, 3.05) is 13.1 Å². The molecule has 0 aromatic carbocycles. The number of hydrogen-bond donors (Lipinski definition) is 2. The Morgan fingerprint density at radius 1 is 1.44 bits per heavy atom. The molecule has 3 N–H and O–H groups in total. The number of β-amino-alcohol motifs (C(OH)–C–C–N with tert-alkyl or cyclic N) is 1. The first-order chi connectivity index (χ1) is 7.44. The second-order valence-electron chi connectivity index (χ2n) is 5.65. The number of nitrogens with two attached hydrogens (primary N) is 1. The number of nitrogens with zero attached hydrogens (tertiary/aromatic N) is 1. The summed E-state index contributed by atoms with van der Waals surface area (Å²) in [7, 11) is 0. The third-order valence-electron chi connectivity index (χ3n) is 4.20. The number of hydrogen-bond acceptors (Lipinski definition) is 3. The zero-order chi connectivity index (χ0) is 11.9. The molecule has 2 aliphatic rings. The summed E-state index contributed by atoms with van der Waals surface area (Å²) in [4.78, 5) is 13.8. The molecule has 1 amide bonds.